The van der Waals surface area contributed by atoms with Gasteiger partial charge in [0, 0.05) is 19.1 Å². The summed E-state index contributed by atoms with van der Waals surface area (Å²) in [6.07, 6.45) is 3.23. The van der Waals surface area contributed by atoms with Gasteiger partial charge in [0.05, 0.1) is 6.61 Å². The van der Waals surface area contributed by atoms with E-state index in [1.807, 2.05) is 31.2 Å². The second-order valence-corrected chi connectivity index (χ2v) is 5.88. The zero-order valence-corrected chi connectivity index (χ0v) is 14.2. The highest BCUT2D eigenvalue weighted by Crippen LogP contribution is 2.17. The topological polar surface area (TPSA) is 50.8 Å². The van der Waals surface area contributed by atoms with E-state index in [4.69, 9.17) is 9.47 Å². The molecule has 0 saturated carbocycles. The Balaban J connectivity index is 1.67. The molecule has 23 heavy (non-hydrogen) atoms. The molecule has 1 aromatic rings. The van der Waals surface area contributed by atoms with Crippen molar-refractivity contribution in [2.24, 2.45) is 0 Å². The predicted octanol–water partition coefficient (Wildman–Crippen LogP) is 2.45. The van der Waals surface area contributed by atoms with Crippen LogP contribution < -0.4 is 14.8 Å². The molecule has 1 fully saturated rings. The third kappa shape index (κ3) is 6.10. The second kappa shape index (κ2) is 9.40. The van der Waals surface area contributed by atoms with Crippen LogP contribution >= 0.6 is 0 Å². The fourth-order valence-electron chi connectivity index (χ4n) is 2.83. The molecule has 0 unspecified atom stereocenters. The lowest BCUT2D eigenvalue weighted by molar-refractivity contribution is -0.124. The van der Waals surface area contributed by atoms with Gasteiger partial charge in [-0.15, -0.1) is 0 Å². The third-order valence-corrected chi connectivity index (χ3v) is 4.00. The SMILES string of the molecule is CCCN1CCC(NC(=O)COc2ccc(OCC)cc2)CC1. The van der Waals surface area contributed by atoms with Crippen molar-refractivity contribution in [2.75, 3.05) is 32.8 Å². The maximum absolute atomic E-state index is 12.0. The van der Waals surface area contributed by atoms with E-state index in [2.05, 4.69) is 17.1 Å². The van der Waals surface area contributed by atoms with E-state index in [0.717, 1.165) is 38.2 Å². The lowest BCUT2D eigenvalue weighted by Gasteiger charge is -2.32. The van der Waals surface area contributed by atoms with Gasteiger partial charge in [-0.05, 0) is 57.0 Å². The molecule has 1 aliphatic rings. The summed E-state index contributed by atoms with van der Waals surface area (Å²) in [5.74, 6) is 1.44. The van der Waals surface area contributed by atoms with Gasteiger partial charge in [0.15, 0.2) is 6.61 Å². The Labute approximate surface area is 139 Å². The van der Waals surface area contributed by atoms with Crippen molar-refractivity contribution in [1.29, 1.82) is 0 Å². The molecule has 5 nitrogen and oxygen atoms in total. The standard InChI is InChI=1S/C18H28N2O3/c1-3-11-20-12-9-15(10-13-20)19-18(21)14-23-17-7-5-16(6-8-17)22-4-2/h5-8,15H,3-4,9-14H2,1-2H3,(H,19,21). The zero-order chi connectivity index (χ0) is 16.5. The fraction of sp³-hybridized carbons (Fsp3) is 0.611. The van der Waals surface area contributed by atoms with Gasteiger partial charge in [0.25, 0.3) is 5.91 Å². The molecular weight excluding hydrogens is 292 g/mol. The van der Waals surface area contributed by atoms with Crippen molar-refractivity contribution in [1.82, 2.24) is 10.2 Å². The molecule has 5 heteroatoms. The van der Waals surface area contributed by atoms with Crippen molar-refractivity contribution in [2.45, 2.75) is 39.2 Å². The van der Waals surface area contributed by atoms with Crippen molar-refractivity contribution in [3.05, 3.63) is 24.3 Å². The van der Waals surface area contributed by atoms with Crippen LogP contribution in [-0.4, -0.2) is 49.7 Å². The van der Waals surface area contributed by atoms with Gasteiger partial charge in [-0.25, -0.2) is 0 Å². The van der Waals surface area contributed by atoms with Crippen molar-refractivity contribution < 1.29 is 14.3 Å². The molecule has 0 aliphatic carbocycles. The van der Waals surface area contributed by atoms with Crippen LogP contribution in [0.4, 0.5) is 0 Å². The molecule has 1 N–H and O–H groups in total. The molecule has 0 atom stereocenters. The van der Waals surface area contributed by atoms with Crippen LogP contribution in [0, 0.1) is 0 Å². The largest absolute Gasteiger partial charge is 0.494 e. The first-order valence-electron chi connectivity index (χ1n) is 8.58. The first kappa shape index (κ1) is 17.6. The highest BCUT2D eigenvalue weighted by molar-refractivity contribution is 5.77. The van der Waals surface area contributed by atoms with Crippen molar-refractivity contribution in [3.8, 4) is 11.5 Å². The summed E-state index contributed by atoms with van der Waals surface area (Å²) in [5.41, 5.74) is 0. The highest BCUT2D eigenvalue weighted by Gasteiger charge is 2.20. The number of ether oxygens (including phenoxy) is 2. The summed E-state index contributed by atoms with van der Waals surface area (Å²) in [7, 11) is 0. The molecule has 1 heterocycles. The van der Waals surface area contributed by atoms with Crippen LogP contribution in [0.25, 0.3) is 0 Å². The third-order valence-electron chi connectivity index (χ3n) is 4.00. The minimum Gasteiger partial charge on any atom is -0.494 e. The molecule has 1 aliphatic heterocycles. The van der Waals surface area contributed by atoms with Crippen LogP contribution in [0.1, 0.15) is 33.1 Å². The Kier molecular flexibility index (Phi) is 7.20. The number of piperidine rings is 1. The van der Waals surface area contributed by atoms with Gasteiger partial charge in [-0.1, -0.05) is 6.92 Å². The Morgan fingerprint density at radius 3 is 2.30 bits per heavy atom. The lowest BCUT2D eigenvalue weighted by Crippen LogP contribution is -2.46. The number of likely N-dealkylation sites (tertiary alicyclic amines) is 1. The van der Waals surface area contributed by atoms with Crippen LogP contribution in [-0.2, 0) is 4.79 Å². The van der Waals surface area contributed by atoms with Crippen LogP contribution in [0.3, 0.4) is 0 Å². The summed E-state index contributed by atoms with van der Waals surface area (Å²) < 4.78 is 10.9. The highest BCUT2D eigenvalue weighted by atomic mass is 16.5. The average molecular weight is 320 g/mol. The summed E-state index contributed by atoms with van der Waals surface area (Å²) in [4.78, 5) is 14.4. The van der Waals surface area contributed by atoms with Crippen LogP contribution in [0.2, 0.25) is 0 Å². The molecule has 1 saturated heterocycles. The van der Waals surface area contributed by atoms with Gasteiger partial charge in [-0.2, -0.15) is 0 Å². The van der Waals surface area contributed by atoms with Crippen LogP contribution in [0.15, 0.2) is 24.3 Å². The maximum Gasteiger partial charge on any atom is 0.258 e. The van der Waals surface area contributed by atoms with E-state index < -0.39 is 0 Å². The summed E-state index contributed by atoms with van der Waals surface area (Å²) in [6.45, 7) is 8.13. The molecule has 1 aromatic carbocycles. The molecule has 2 rings (SSSR count). The summed E-state index contributed by atoms with van der Waals surface area (Å²) in [5, 5.41) is 3.07. The average Bonchev–Trinajstić information content (AvgIpc) is 2.57. The fourth-order valence-corrected chi connectivity index (χ4v) is 2.83. The predicted molar refractivity (Wildman–Crippen MR) is 91.0 cm³/mol. The molecule has 1 amide bonds. The van der Waals surface area contributed by atoms with Gasteiger partial charge in [-0.3, -0.25) is 4.79 Å². The van der Waals surface area contributed by atoms with E-state index in [-0.39, 0.29) is 18.6 Å². The molecule has 0 spiro atoms. The monoisotopic (exact) mass is 320 g/mol. The van der Waals surface area contributed by atoms with E-state index in [0.29, 0.717) is 12.4 Å². The normalized spacial score (nSPS) is 16.1. The Morgan fingerprint density at radius 2 is 1.74 bits per heavy atom. The second-order valence-electron chi connectivity index (χ2n) is 5.88. The first-order chi connectivity index (χ1) is 11.2. The molecule has 0 aromatic heterocycles. The van der Waals surface area contributed by atoms with E-state index >= 15 is 0 Å². The lowest BCUT2D eigenvalue weighted by atomic mass is 10.0. The smallest absolute Gasteiger partial charge is 0.258 e. The Morgan fingerprint density at radius 1 is 1.13 bits per heavy atom. The van der Waals surface area contributed by atoms with E-state index in [1.54, 1.807) is 0 Å². The molecule has 128 valence electrons. The number of amides is 1. The van der Waals surface area contributed by atoms with Gasteiger partial charge < -0.3 is 19.7 Å². The number of carbonyl (C=O) groups is 1. The summed E-state index contributed by atoms with van der Waals surface area (Å²) >= 11 is 0. The molecular formula is C18H28N2O3. The number of carbonyl (C=O) groups excluding carboxylic acids is 1. The number of rotatable bonds is 8. The van der Waals surface area contributed by atoms with E-state index in [1.165, 1.54) is 6.42 Å². The zero-order valence-electron chi connectivity index (χ0n) is 14.2. The maximum atomic E-state index is 12.0. The van der Waals surface area contributed by atoms with Gasteiger partial charge in [0.1, 0.15) is 11.5 Å². The molecule has 0 bridgehead atoms. The number of nitrogens with one attached hydrogen (secondary N) is 1. The number of nitrogens with zero attached hydrogens (tertiary/aromatic N) is 1. The minimum absolute atomic E-state index is 0.0483. The number of hydrogen-bond acceptors (Lipinski definition) is 4. The Bertz CT molecular complexity index is 468. The molecule has 0 radical (unpaired) electrons. The van der Waals surface area contributed by atoms with E-state index in [9.17, 15) is 4.79 Å². The van der Waals surface area contributed by atoms with Crippen molar-refractivity contribution >= 4 is 5.91 Å². The van der Waals surface area contributed by atoms with Gasteiger partial charge in [0.2, 0.25) is 0 Å². The quantitative estimate of drug-likeness (QED) is 0.799. The number of benzene rings is 1. The Hall–Kier alpha value is -1.75. The van der Waals surface area contributed by atoms with Crippen molar-refractivity contribution in [3.63, 3.8) is 0 Å². The van der Waals surface area contributed by atoms with Crippen LogP contribution in [0.5, 0.6) is 11.5 Å². The minimum atomic E-state index is -0.0483. The summed E-state index contributed by atoms with van der Waals surface area (Å²) in [6, 6.07) is 7.61. The van der Waals surface area contributed by atoms with Gasteiger partial charge >= 0.3 is 0 Å². The number of hydrogen-bond donors (Lipinski definition) is 1. The first-order valence-corrected chi connectivity index (χ1v) is 8.58.